The normalized spacial score (nSPS) is 10.8. The first-order valence-electron chi connectivity index (χ1n) is 9.67. The second-order valence-corrected chi connectivity index (χ2v) is 8.02. The van der Waals surface area contributed by atoms with Crippen LogP contribution in [0.4, 0.5) is 5.69 Å². The van der Waals surface area contributed by atoms with Gasteiger partial charge in [-0.15, -0.1) is 0 Å². The van der Waals surface area contributed by atoms with Gasteiger partial charge in [-0.05, 0) is 43.0 Å². The number of nitrogens with one attached hydrogen (secondary N) is 2. The summed E-state index contributed by atoms with van der Waals surface area (Å²) in [5.74, 6) is -0.234. The van der Waals surface area contributed by atoms with Crippen LogP contribution in [0.15, 0.2) is 40.3 Å². The fraction of sp³-hybridized carbons (Fsp3) is 0.429. The average molecular weight is 418 g/mol. The molecular weight excluding hydrogens is 390 g/mol. The molecule has 2 aromatic rings. The summed E-state index contributed by atoms with van der Waals surface area (Å²) in [6.07, 6.45) is 2.72. The number of ether oxygens (including phenoxy) is 1. The van der Waals surface area contributed by atoms with Gasteiger partial charge in [-0.25, -0.2) is 9.78 Å². The van der Waals surface area contributed by atoms with Gasteiger partial charge in [0.25, 0.3) is 5.56 Å². The van der Waals surface area contributed by atoms with Crippen molar-refractivity contribution in [1.29, 1.82) is 0 Å². The molecule has 0 atom stereocenters. The molecule has 2 rings (SSSR count). The summed E-state index contributed by atoms with van der Waals surface area (Å²) < 4.78 is 5.18. The van der Waals surface area contributed by atoms with Crippen LogP contribution >= 0.6 is 11.8 Å². The lowest BCUT2D eigenvalue weighted by Crippen LogP contribution is -2.16. The van der Waals surface area contributed by atoms with Gasteiger partial charge in [0.2, 0.25) is 5.91 Å². The van der Waals surface area contributed by atoms with Gasteiger partial charge in [-0.3, -0.25) is 9.59 Å². The number of carbonyl (C=O) groups is 2. The minimum atomic E-state index is -0.384. The van der Waals surface area contributed by atoms with E-state index in [-0.39, 0.29) is 29.1 Å². The summed E-state index contributed by atoms with van der Waals surface area (Å²) in [5.41, 5.74) is 1.53. The van der Waals surface area contributed by atoms with Gasteiger partial charge in [0.05, 0.1) is 17.9 Å². The quantitative estimate of drug-likeness (QED) is 0.348. The van der Waals surface area contributed by atoms with E-state index in [1.807, 2.05) is 13.8 Å². The molecule has 0 saturated carbocycles. The van der Waals surface area contributed by atoms with Gasteiger partial charge in [0.1, 0.15) is 0 Å². The van der Waals surface area contributed by atoms with Gasteiger partial charge in [0.15, 0.2) is 5.16 Å². The first-order chi connectivity index (χ1) is 13.9. The Kier molecular flexibility index (Phi) is 8.92. The molecule has 0 aliphatic carbocycles. The van der Waals surface area contributed by atoms with Gasteiger partial charge in [-0.2, -0.15) is 0 Å². The highest BCUT2D eigenvalue weighted by Crippen LogP contribution is 2.15. The maximum Gasteiger partial charge on any atom is 0.338 e. The average Bonchev–Trinajstić information content (AvgIpc) is 2.69. The lowest BCUT2D eigenvalue weighted by atomic mass is 10.2. The second kappa shape index (κ2) is 11.4. The van der Waals surface area contributed by atoms with Crippen molar-refractivity contribution in [3.8, 4) is 0 Å². The van der Waals surface area contributed by atoms with Crippen LogP contribution in [0, 0.1) is 5.92 Å². The van der Waals surface area contributed by atoms with Gasteiger partial charge in [-0.1, -0.05) is 39.0 Å². The number of esters is 1. The molecule has 0 aliphatic heterocycles. The van der Waals surface area contributed by atoms with Crippen LogP contribution in [0.2, 0.25) is 0 Å². The van der Waals surface area contributed by atoms with E-state index < -0.39 is 0 Å². The molecule has 0 saturated heterocycles. The number of hydrogen-bond donors (Lipinski definition) is 2. The number of hydrogen-bond acceptors (Lipinski definition) is 6. The molecule has 0 fully saturated rings. The Balaban J connectivity index is 1.87. The molecule has 1 amide bonds. The molecule has 2 N–H and O–H groups in total. The number of aromatic nitrogens is 2. The molecule has 1 aromatic carbocycles. The Morgan fingerprint density at radius 1 is 1.24 bits per heavy atom. The van der Waals surface area contributed by atoms with Crippen LogP contribution in [0.5, 0.6) is 0 Å². The van der Waals surface area contributed by atoms with Crippen molar-refractivity contribution in [3.63, 3.8) is 0 Å². The summed E-state index contributed by atoms with van der Waals surface area (Å²) in [6, 6.07) is 8.02. The van der Waals surface area contributed by atoms with Crippen molar-refractivity contribution in [2.75, 3.05) is 17.7 Å². The second-order valence-electron chi connectivity index (χ2n) is 7.05. The third-order valence-corrected chi connectivity index (χ3v) is 4.72. The maximum absolute atomic E-state index is 12.2. The molecule has 8 heteroatoms. The summed E-state index contributed by atoms with van der Waals surface area (Å²) >= 11 is 1.17. The number of aryl methyl sites for hydroxylation is 1. The Hall–Kier alpha value is -2.61. The summed E-state index contributed by atoms with van der Waals surface area (Å²) in [6.45, 7) is 6.38. The molecule has 0 aliphatic rings. The number of amides is 1. The molecule has 156 valence electrons. The first kappa shape index (κ1) is 22.7. The molecule has 0 bridgehead atoms. The smallest absolute Gasteiger partial charge is 0.338 e. The minimum Gasteiger partial charge on any atom is -0.462 e. The van der Waals surface area contributed by atoms with E-state index >= 15 is 0 Å². The van der Waals surface area contributed by atoms with Crippen molar-refractivity contribution < 1.29 is 14.3 Å². The molecular formula is C21H27N3O4S. The highest BCUT2D eigenvalue weighted by Gasteiger charge is 2.10. The summed E-state index contributed by atoms with van der Waals surface area (Å²) in [7, 11) is 0. The van der Waals surface area contributed by atoms with Gasteiger partial charge < -0.3 is 15.0 Å². The number of benzene rings is 1. The third-order valence-electron chi connectivity index (χ3n) is 3.85. The number of anilines is 1. The van der Waals surface area contributed by atoms with Crippen LogP contribution in [-0.2, 0) is 16.0 Å². The number of aromatic amines is 1. The maximum atomic E-state index is 12.2. The first-order valence-corrected chi connectivity index (χ1v) is 10.7. The minimum absolute atomic E-state index is 0.109. The fourth-order valence-electron chi connectivity index (χ4n) is 2.38. The van der Waals surface area contributed by atoms with Crippen LogP contribution in [0.1, 0.15) is 49.7 Å². The Morgan fingerprint density at radius 3 is 2.62 bits per heavy atom. The van der Waals surface area contributed by atoms with E-state index in [1.54, 1.807) is 24.3 Å². The van der Waals surface area contributed by atoms with E-state index in [0.717, 1.165) is 25.0 Å². The molecule has 0 unspecified atom stereocenters. The van der Waals surface area contributed by atoms with Crippen molar-refractivity contribution >= 4 is 29.3 Å². The third kappa shape index (κ3) is 8.11. The highest BCUT2D eigenvalue weighted by molar-refractivity contribution is 7.99. The van der Waals surface area contributed by atoms with Gasteiger partial charge >= 0.3 is 5.97 Å². The zero-order chi connectivity index (χ0) is 21.2. The van der Waals surface area contributed by atoms with Crippen molar-refractivity contribution in [2.45, 2.75) is 45.2 Å². The number of rotatable bonds is 10. The fourth-order valence-corrected chi connectivity index (χ4v) is 3.08. The molecule has 1 heterocycles. The summed E-state index contributed by atoms with van der Waals surface area (Å²) in [4.78, 5) is 42.9. The molecule has 1 aromatic heterocycles. The van der Waals surface area contributed by atoms with Crippen LogP contribution in [-0.4, -0.2) is 34.2 Å². The van der Waals surface area contributed by atoms with E-state index in [4.69, 9.17) is 4.74 Å². The number of nitrogens with zero attached hydrogens (tertiary/aromatic N) is 1. The molecule has 0 radical (unpaired) electrons. The van der Waals surface area contributed by atoms with Crippen LogP contribution in [0.3, 0.4) is 0 Å². The zero-order valence-corrected chi connectivity index (χ0v) is 17.8. The van der Waals surface area contributed by atoms with Crippen molar-refractivity contribution in [2.24, 2.45) is 5.92 Å². The van der Waals surface area contributed by atoms with Crippen LogP contribution < -0.4 is 10.9 Å². The monoisotopic (exact) mass is 417 g/mol. The van der Waals surface area contributed by atoms with E-state index in [9.17, 15) is 14.4 Å². The lowest BCUT2D eigenvalue weighted by Gasteiger charge is -2.08. The lowest BCUT2D eigenvalue weighted by molar-refractivity contribution is -0.113. The molecule has 29 heavy (non-hydrogen) atoms. The van der Waals surface area contributed by atoms with Gasteiger partial charge in [0, 0.05) is 17.4 Å². The number of H-pyrrole nitrogens is 1. The standard InChI is InChI=1S/C21H27N3O4S/c1-4-5-6-17-11-18(25)24-21(23-17)29-13-19(26)22-16-9-7-15(8-10-16)20(27)28-12-14(2)3/h7-11,14H,4-6,12-13H2,1-3H3,(H,22,26)(H,23,24,25). The van der Waals surface area contributed by atoms with E-state index in [2.05, 4.69) is 22.2 Å². The summed E-state index contributed by atoms with van der Waals surface area (Å²) in [5, 5.41) is 3.19. The van der Waals surface area contributed by atoms with Crippen molar-refractivity contribution in [3.05, 3.63) is 51.9 Å². The Labute approximate surface area is 174 Å². The Bertz CT molecular complexity index is 878. The van der Waals surface area contributed by atoms with E-state index in [0.29, 0.717) is 23.0 Å². The number of unbranched alkanes of at least 4 members (excludes halogenated alkanes) is 1. The zero-order valence-electron chi connectivity index (χ0n) is 17.0. The SMILES string of the molecule is CCCCc1cc(=O)[nH]c(SCC(=O)Nc2ccc(C(=O)OCC(C)C)cc2)n1. The predicted octanol–water partition coefficient (Wildman–Crippen LogP) is 3.66. The number of thioether (sulfide) groups is 1. The predicted molar refractivity (Wildman–Crippen MR) is 114 cm³/mol. The molecule has 7 nitrogen and oxygen atoms in total. The van der Waals surface area contributed by atoms with Crippen molar-refractivity contribution in [1.82, 2.24) is 9.97 Å². The van der Waals surface area contributed by atoms with E-state index in [1.165, 1.54) is 17.8 Å². The highest BCUT2D eigenvalue weighted by atomic mass is 32.2. The largest absolute Gasteiger partial charge is 0.462 e. The molecule has 0 spiro atoms. The number of carbonyl (C=O) groups excluding carboxylic acids is 2. The van der Waals surface area contributed by atoms with Crippen LogP contribution in [0.25, 0.3) is 0 Å². The topological polar surface area (TPSA) is 101 Å². The Morgan fingerprint density at radius 2 is 1.97 bits per heavy atom.